The Labute approximate surface area is 132 Å². The lowest BCUT2D eigenvalue weighted by atomic mass is 10.1. The van der Waals surface area contributed by atoms with E-state index in [0.29, 0.717) is 0 Å². The maximum atomic E-state index is 5.87. The van der Waals surface area contributed by atoms with Gasteiger partial charge in [0, 0.05) is 38.9 Å². The summed E-state index contributed by atoms with van der Waals surface area (Å²) in [4.78, 5) is 4.22. The number of aliphatic imine (C=N–C) groups is 1. The first-order valence-corrected chi connectivity index (χ1v) is 7.82. The van der Waals surface area contributed by atoms with Crippen LogP contribution in [0.25, 0.3) is 0 Å². The van der Waals surface area contributed by atoms with Crippen molar-refractivity contribution in [3.05, 3.63) is 34.9 Å². The Bertz CT molecular complexity index is 406. The third-order valence-corrected chi connectivity index (χ3v) is 3.41. The maximum absolute atomic E-state index is 5.87. The third-order valence-electron chi connectivity index (χ3n) is 3.16. The maximum Gasteiger partial charge on any atom is 0.190 e. The molecule has 0 unspecified atom stereocenters. The number of hydrogen-bond donors (Lipinski definition) is 2. The minimum absolute atomic E-state index is 0.776. The second-order valence-electron chi connectivity index (χ2n) is 4.86. The van der Waals surface area contributed by atoms with E-state index >= 15 is 0 Å². The fraction of sp³-hybridized carbons (Fsp3) is 0.562. The Hall–Kier alpha value is -1.26. The summed E-state index contributed by atoms with van der Waals surface area (Å²) >= 11 is 5.87. The number of halogens is 1. The van der Waals surface area contributed by atoms with Crippen LogP contribution >= 0.6 is 11.6 Å². The zero-order chi connectivity index (χ0) is 15.3. The van der Waals surface area contributed by atoms with Gasteiger partial charge >= 0.3 is 0 Å². The van der Waals surface area contributed by atoms with Gasteiger partial charge < -0.3 is 15.4 Å². The largest absolute Gasteiger partial charge is 0.385 e. The summed E-state index contributed by atoms with van der Waals surface area (Å²) in [5.41, 5.74) is 1.27. The summed E-state index contributed by atoms with van der Waals surface area (Å²) in [5.74, 6) is 0.857. The van der Waals surface area contributed by atoms with E-state index in [1.54, 1.807) is 14.2 Å². The van der Waals surface area contributed by atoms with E-state index in [2.05, 4.69) is 27.8 Å². The van der Waals surface area contributed by atoms with E-state index in [1.165, 1.54) is 12.0 Å². The van der Waals surface area contributed by atoms with Crippen LogP contribution in [0.2, 0.25) is 5.02 Å². The average molecular weight is 312 g/mol. The van der Waals surface area contributed by atoms with Crippen LogP contribution in [0.5, 0.6) is 0 Å². The highest BCUT2D eigenvalue weighted by Gasteiger charge is 1.98. The highest BCUT2D eigenvalue weighted by Crippen LogP contribution is 2.09. The van der Waals surface area contributed by atoms with E-state index < -0.39 is 0 Å². The van der Waals surface area contributed by atoms with Gasteiger partial charge in [-0.25, -0.2) is 0 Å². The van der Waals surface area contributed by atoms with Gasteiger partial charge in [0.1, 0.15) is 0 Å². The molecule has 1 aromatic carbocycles. The van der Waals surface area contributed by atoms with Crippen molar-refractivity contribution >= 4 is 17.6 Å². The van der Waals surface area contributed by atoms with Crippen molar-refractivity contribution in [2.75, 3.05) is 33.9 Å². The van der Waals surface area contributed by atoms with Crippen molar-refractivity contribution < 1.29 is 4.74 Å². The molecule has 1 aromatic rings. The predicted molar refractivity (Wildman–Crippen MR) is 90.2 cm³/mol. The molecule has 0 bridgehead atoms. The number of guanidine groups is 1. The first-order valence-electron chi connectivity index (χ1n) is 7.44. The van der Waals surface area contributed by atoms with Gasteiger partial charge in [0.15, 0.2) is 5.96 Å². The molecule has 2 N–H and O–H groups in total. The zero-order valence-electron chi connectivity index (χ0n) is 13.0. The lowest BCUT2D eigenvalue weighted by Gasteiger charge is -2.11. The summed E-state index contributed by atoms with van der Waals surface area (Å²) in [7, 11) is 3.53. The zero-order valence-corrected chi connectivity index (χ0v) is 13.7. The van der Waals surface area contributed by atoms with Crippen LogP contribution in [-0.4, -0.2) is 39.8 Å². The van der Waals surface area contributed by atoms with Gasteiger partial charge in [-0.15, -0.1) is 0 Å². The number of rotatable bonds is 9. The van der Waals surface area contributed by atoms with Gasteiger partial charge in [-0.1, -0.05) is 23.7 Å². The number of nitrogens with one attached hydrogen (secondary N) is 2. The molecule has 0 aromatic heterocycles. The van der Waals surface area contributed by atoms with E-state index in [1.807, 2.05) is 12.1 Å². The van der Waals surface area contributed by atoms with Gasteiger partial charge in [0.05, 0.1) is 0 Å². The molecule has 1 rings (SSSR count). The van der Waals surface area contributed by atoms with Crippen LogP contribution in [0.15, 0.2) is 29.3 Å². The molecule has 5 heteroatoms. The number of hydrogen-bond acceptors (Lipinski definition) is 2. The molecule has 0 fully saturated rings. The molecule has 0 spiro atoms. The molecule has 118 valence electrons. The molecule has 0 aliphatic heterocycles. The van der Waals surface area contributed by atoms with Crippen molar-refractivity contribution in [1.29, 1.82) is 0 Å². The Kier molecular flexibility index (Phi) is 9.66. The average Bonchev–Trinajstić information content (AvgIpc) is 2.50. The molecular weight excluding hydrogens is 286 g/mol. The van der Waals surface area contributed by atoms with Gasteiger partial charge in [0.25, 0.3) is 0 Å². The van der Waals surface area contributed by atoms with E-state index in [4.69, 9.17) is 16.3 Å². The molecule has 0 saturated carbocycles. The lowest BCUT2D eigenvalue weighted by molar-refractivity contribution is 0.192. The minimum Gasteiger partial charge on any atom is -0.385 e. The number of benzene rings is 1. The van der Waals surface area contributed by atoms with Crippen LogP contribution in [-0.2, 0) is 11.2 Å². The fourth-order valence-corrected chi connectivity index (χ4v) is 2.08. The molecule has 0 saturated heterocycles. The highest BCUT2D eigenvalue weighted by molar-refractivity contribution is 6.30. The molecule has 4 nitrogen and oxygen atoms in total. The molecule has 0 amide bonds. The predicted octanol–water partition coefficient (Wildman–Crippen LogP) is 2.86. The van der Waals surface area contributed by atoms with E-state index in [-0.39, 0.29) is 0 Å². The number of nitrogens with zero attached hydrogens (tertiary/aromatic N) is 1. The van der Waals surface area contributed by atoms with Crippen LogP contribution < -0.4 is 10.6 Å². The second-order valence-corrected chi connectivity index (χ2v) is 5.29. The van der Waals surface area contributed by atoms with Crippen molar-refractivity contribution in [3.63, 3.8) is 0 Å². The van der Waals surface area contributed by atoms with E-state index in [9.17, 15) is 0 Å². The molecule has 0 aliphatic rings. The van der Waals surface area contributed by atoms with Crippen LogP contribution in [0.3, 0.4) is 0 Å². The Balaban J connectivity index is 2.12. The lowest BCUT2D eigenvalue weighted by Crippen LogP contribution is -2.38. The molecular formula is C16H26ClN3O. The summed E-state index contributed by atoms with van der Waals surface area (Å²) in [5, 5.41) is 7.41. The normalized spacial score (nSPS) is 11.5. The Morgan fingerprint density at radius 3 is 2.48 bits per heavy atom. The summed E-state index contributed by atoms with van der Waals surface area (Å²) in [6.07, 6.45) is 4.36. The highest BCUT2D eigenvalue weighted by atomic mass is 35.5. The van der Waals surface area contributed by atoms with Gasteiger partial charge in [-0.05, 0) is 43.4 Å². The molecule has 0 atom stereocenters. The number of ether oxygens (including phenoxy) is 1. The van der Waals surface area contributed by atoms with Crippen molar-refractivity contribution in [2.45, 2.75) is 25.7 Å². The van der Waals surface area contributed by atoms with Crippen LogP contribution in [0, 0.1) is 0 Å². The topological polar surface area (TPSA) is 45.7 Å². The van der Waals surface area contributed by atoms with Crippen LogP contribution in [0.1, 0.15) is 24.8 Å². The standard InChI is InChI=1S/C16H26ClN3O/c1-18-16(19-11-4-3-5-13-21-2)20-12-10-14-6-8-15(17)9-7-14/h6-9H,3-5,10-13H2,1-2H3,(H2,18,19,20). The Morgan fingerprint density at radius 2 is 1.81 bits per heavy atom. The smallest absolute Gasteiger partial charge is 0.190 e. The van der Waals surface area contributed by atoms with E-state index in [0.717, 1.165) is 49.9 Å². The quantitative estimate of drug-likeness (QED) is 0.419. The third kappa shape index (κ3) is 8.58. The Morgan fingerprint density at radius 1 is 1.10 bits per heavy atom. The molecule has 0 heterocycles. The summed E-state index contributed by atoms with van der Waals surface area (Å²) < 4.78 is 5.03. The second kappa shape index (κ2) is 11.4. The first kappa shape index (κ1) is 17.8. The molecule has 0 radical (unpaired) electrons. The van der Waals surface area contributed by atoms with Crippen molar-refractivity contribution in [1.82, 2.24) is 10.6 Å². The summed E-state index contributed by atoms with van der Waals surface area (Å²) in [6.45, 7) is 2.63. The van der Waals surface area contributed by atoms with Crippen LogP contribution in [0.4, 0.5) is 0 Å². The number of methoxy groups -OCH3 is 1. The molecule has 21 heavy (non-hydrogen) atoms. The fourth-order valence-electron chi connectivity index (χ4n) is 1.95. The first-order chi connectivity index (χ1) is 10.3. The van der Waals surface area contributed by atoms with Gasteiger partial charge in [0.2, 0.25) is 0 Å². The van der Waals surface area contributed by atoms with Gasteiger partial charge in [-0.3, -0.25) is 4.99 Å². The molecule has 0 aliphatic carbocycles. The minimum atomic E-state index is 0.776. The summed E-state index contributed by atoms with van der Waals surface area (Å²) in [6, 6.07) is 7.94. The van der Waals surface area contributed by atoms with Gasteiger partial charge in [-0.2, -0.15) is 0 Å². The monoisotopic (exact) mass is 311 g/mol. The SMILES string of the molecule is CN=C(NCCCCCOC)NCCc1ccc(Cl)cc1. The number of unbranched alkanes of at least 4 members (excludes halogenated alkanes) is 2. The van der Waals surface area contributed by atoms with Crippen molar-refractivity contribution in [3.8, 4) is 0 Å². The van der Waals surface area contributed by atoms with Crippen molar-refractivity contribution in [2.24, 2.45) is 4.99 Å².